The van der Waals surface area contributed by atoms with Crippen molar-refractivity contribution in [2.24, 2.45) is 40.9 Å². The van der Waals surface area contributed by atoms with Crippen LogP contribution in [0.15, 0.2) is 28.7 Å². The van der Waals surface area contributed by atoms with Crippen LogP contribution >= 0.6 is 15.9 Å². The van der Waals surface area contributed by atoms with Crippen molar-refractivity contribution < 1.29 is 0 Å². The van der Waals surface area contributed by atoms with Gasteiger partial charge in [-0.1, -0.05) is 74.5 Å². The maximum absolute atomic E-state index is 3.67. The van der Waals surface area contributed by atoms with E-state index in [-0.39, 0.29) is 0 Å². The molecule has 0 aromatic heterocycles. The molecule has 0 radical (unpaired) electrons. The third-order valence-corrected chi connectivity index (χ3v) is 9.80. The molecule has 0 aliphatic heterocycles. The number of fused-ring (bicyclic) bond motifs is 3. The standard InChI is InChI=1S/C28H43Br/c1-4-5-6-10-24-20(2)11-13-27-25-15-16-28(3,19-22(25)12-14-26(24)27)18-21-8-7-9-23(29)17-21/h7-9,17,20,22,24-27H,4-6,10-16,18-19H2,1-3H3. The first-order valence-corrected chi connectivity index (χ1v) is 13.5. The largest absolute Gasteiger partial charge is 0.0654 e. The van der Waals surface area contributed by atoms with Gasteiger partial charge in [-0.15, -0.1) is 0 Å². The minimum Gasteiger partial charge on any atom is -0.0654 e. The van der Waals surface area contributed by atoms with Crippen molar-refractivity contribution in [2.45, 2.75) is 97.8 Å². The van der Waals surface area contributed by atoms with Gasteiger partial charge < -0.3 is 0 Å². The zero-order valence-corrected chi connectivity index (χ0v) is 20.7. The summed E-state index contributed by atoms with van der Waals surface area (Å²) in [6.45, 7) is 7.52. The first kappa shape index (κ1) is 21.9. The summed E-state index contributed by atoms with van der Waals surface area (Å²) in [7, 11) is 0. The first-order valence-electron chi connectivity index (χ1n) is 12.7. The molecule has 7 atom stereocenters. The fraction of sp³-hybridized carbons (Fsp3) is 0.786. The third kappa shape index (κ3) is 4.97. The summed E-state index contributed by atoms with van der Waals surface area (Å²) in [4.78, 5) is 0. The summed E-state index contributed by atoms with van der Waals surface area (Å²) in [5.74, 6) is 6.20. The fourth-order valence-electron chi connectivity index (χ4n) is 7.94. The van der Waals surface area contributed by atoms with Crippen molar-refractivity contribution >= 4 is 15.9 Å². The Morgan fingerprint density at radius 1 is 1.00 bits per heavy atom. The second-order valence-corrected chi connectivity index (χ2v) is 12.3. The highest BCUT2D eigenvalue weighted by Crippen LogP contribution is 2.58. The highest BCUT2D eigenvalue weighted by molar-refractivity contribution is 9.10. The van der Waals surface area contributed by atoms with Gasteiger partial charge in [0, 0.05) is 4.47 Å². The molecule has 0 heterocycles. The van der Waals surface area contributed by atoms with Crippen molar-refractivity contribution in [1.29, 1.82) is 0 Å². The lowest BCUT2D eigenvalue weighted by Gasteiger charge is -2.55. The van der Waals surface area contributed by atoms with E-state index in [1.165, 1.54) is 74.2 Å². The van der Waals surface area contributed by atoms with Gasteiger partial charge in [0.2, 0.25) is 0 Å². The van der Waals surface area contributed by atoms with Crippen LogP contribution in [0.3, 0.4) is 0 Å². The Kier molecular flexibility index (Phi) is 7.14. The summed E-state index contributed by atoms with van der Waals surface area (Å²) >= 11 is 3.67. The molecule has 4 rings (SSSR count). The summed E-state index contributed by atoms with van der Waals surface area (Å²) < 4.78 is 1.23. The lowest BCUT2D eigenvalue weighted by molar-refractivity contribution is -0.0515. The molecule has 162 valence electrons. The Hall–Kier alpha value is -0.300. The van der Waals surface area contributed by atoms with E-state index in [1.54, 1.807) is 12.8 Å². The summed E-state index contributed by atoms with van der Waals surface area (Å²) in [6, 6.07) is 9.05. The second-order valence-electron chi connectivity index (χ2n) is 11.4. The van der Waals surface area contributed by atoms with Gasteiger partial charge in [0.1, 0.15) is 0 Å². The van der Waals surface area contributed by atoms with Crippen LogP contribution in [0, 0.1) is 40.9 Å². The number of unbranched alkanes of at least 4 members (excludes halogenated alkanes) is 2. The Morgan fingerprint density at radius 2 is 1.83 bits per heavy atom. The maximum Gasteiger partial charge on any atom is 0.0177 e. The second kappa shape index (κ2) is 9.46. The lowest BCUT2D eigenvalue weighted by Crippen LogP contribution is -2.47. The van der Waals surface area contributed by atoms with Gasteiger partial charge >= 0.3 is 0 Å². The quantitative estimate of drug-likeness (QED) is 0.372. The van der Waals surface area contributed by atoms with Crippen LogP contribution in [0.1, 0.15) is 97.0 Å². The average Bonchev–Trinajstić information content (AvgIpc) is 2.69. The molecule has 0 bridgehead atoms. The Labute approximate surface area is 188 Å². The number of hydrogen-bond acceptors (Lipinski definition) is 0. The smallest absolute Gasteiger partial charge is 0.0177 e. The maximum atomic E-state index is 3.67. The Balaban J connectivity index is 1.41. The normalized spacial score (nSPS) is 39.6. The van der Waals surface area contributed by atoms with Crippen molar-refractivity contribution in [1.82, 2.24) is 0 Å². The van der Waals surface area contributed by atoms with Gasteiger partial charge in [-0.25, -0.2) is 0 Å². The molecule has 1 aromatic carbocycles. The van der Waals surface area contributed by atoms with Gasteiger partial charge in [0.15, 0.2) is 0 Å². The van der Waals surface area contributed by atoms with Crippen molar-refractivity contribution in [3.05, 3.63) is 34.3 Å². The Morgan fingerprint density at radius 3 is 2.62 bits per heavy atom. The predicted molar refractivity (Wildman–Crippen MR) is 129 cm³/mol. The molecule has 0 N–H and O–H groups in total. The number of hydrogen-bond donors (Lipinski definition) is 0. The SMILES string of the molecule is CCCCCC1C(C)CCC2C3CCC(C)(Cc4cccc(Br)c4)CC3CCC12. The van der Waals surface area contributed by atoms with Crippen LogP contribution < -0.4 is 0 Å². The lowest BCUT2D eigenvalue weighted by atomic mass is 9.50. The van der Waals surface area contributed by atoms with Crippen LogP contribution in [-0.4, -0.2) is 0 Å². The molecule has 3 fully saturated rings. The van der Waals surface area contributed by atoms with Crippen molar-refractivity contribution in [3.63, 3.8) is 0 Å². The van der Waals surface area contributed by atoms with Gasteiger partial charge in [-0.2, -0.15) is 0 Å². The molecule has 1 heteroatoms. The fourth-order valence-corrected chi connectivity index (χ4v) is 8.38. The number of rotatable bonds is 6. The van der Waals surface area contributed by atoms with Crippen LogP contribution in [0.2, 0.25) is 0 Å². The summed E-state index contributed by atoms with van der Waals surface area (Å²) in [5, 5.41) is 0. The van der Waals surface area contributed by atoms with E-state index in [0.717, 1.165) is 35.5 Å². The number of benzene rings is 1. The third-order valence-electron chi connectivity index (χ3n) is 9.31. The minimum atomic E-state index is 0.511. The van der Waals surface area contributed by atoms with Crippen LogP contribution in [0.25, 0.3) is 0 Å². The van der Waals surface area contributed by atoms with Crippen LogP contribution in [0.4, 0.5) is 0 Å². The molecule has 29 heavy (non-hydrogen) atoms. The molecule has 0 spiro atoms. The molecule has 3 aliphatic carbocycles. The molecule has 0 amide bonds. The van der Waals surface area contributed by atoms with E-state index in [2.05, 4.69) is 61.0 Å². The zero-order valence-electron chi connectivity index (χ0n) is 19.1. The van der Waals surface area contributed by atoms with E-state index in [4.69, 9.17) is 0 Å². The molecule has 0 nitrogen and oxygen atoms in total. The summed E-state index contributed by atoms with van der Waals surface area (Å²) in [5.41, 5.74) is 2.04. The van der Waals surface area contributed by atoms with Crippen LogP contribution in [-0.2, 0) is 6.42 Å². The molecule has 1 aromatic rings. The monoisotopic (exact) mass is 458 g/mol. The molecule has 7 unspecified atom stereocenters. The van der Waals surface area contributed by atoms with Gasteiger partial charge in [0.05, 0.1) is 0 Å². The average molecular weight is 460 g/mol. The van der Waals surface area contributed by atoms with Crippen molar-refractivity contribution in [2.75, 3.05) is 0 Å². The molecule has 3 saturated carbocycles. The van der Waals surface area contributed by atoms with E-state index in [0.29, 0.717) is 5.41 Å². The van der Waals surface area contributed by atoms with Crippen LogP contribution in [0.5, 0.6) is 0 Å². The highest BCUT2D eigenvalue weighted by atomic mass is 79.9. The van der Waals surface area contributed by atoms with Gasteiger partial charge in [-0.05, 0) is 110 Å². The molecule has 3 aliphatic rings. The Bertz CT molecular complexity index is 666. The minimum absolute atomic E-state index is 0.511. The van der Waals surface area contributed by atoms with E-state index < -0.39 is 0 Å². The first-order chi connectivity index (χ1) is 14.0. The van der Waals surface area contributed by atoms with E-state index in [9.17, 15) is 0 Å². The topological polar surface area (TPSA) is 0 Å². The summed E-state index contributed by atoms with van der Waals surface area (Å²) in [6.07, 6.45) is 17.6. The molecular formula is C28H43Br. The number of halogens is 1. The van der Waals surface area contributed by atoms with Gasteiger partial charge in [0.25, 0.3) is 0 Å². The van der Waals surface area contributed by atoms with Gasteiger partial charge in [-0.3, -0.25) is 0 Å². The van der Waals surface area contributed by atoms with E-state index in [1.807, 2.05) is 0 Å². The predicted octanol–water partition coefficient (Wildman–Crippen LogP) is 9.07. The van der Waals surface area contributed by atoms with E-state index >= 15 is 0 Å². The van der Waals surface area contributed by atoms with Crippen molar-refractivity contribution in [3.8, 4) is 0 Å². The molecule has 0 saturated heterocycles. The zero-order chi connectivity index (χ0) is 20.4. The molecular weight excluding hydrogens is 416 g/mol. The highest BCUT2D eigenvalue weighted by Gasteiger charge is 2.49.